The lowest BCUT2D eigenvalue weighted by Gasteiger charge is -2.16. The van der Waals surface area contributed by atoms with E-state index in [1.807, 2.05) is 18.2 Å². The minimum absolute atomic E-state index is 0.0104. The number of halogens is 1. The number of anilines is 2. The van der Waals surface area contributed by atoms with E-state index in [4.69, 9.17) is 5.11 Å². The Kier molecular flexibility index (Phi) is 8.88. The molecule has 1 unspecified atom stereocenters. The second-order valence-electron chi connectivity index (χ2n) is 7.40. The summed E-state index contributed by atoms with van der Waals surface area (Å²) in [5.74, 6) is 0.319. The molecule has 0 amide bonds. The molecule has 0 saturated carbocycles. The number of nitrogens with zero attached hydrogens (tertiary/aromatic N) is 4. The van der Waals surface area contributed by atoms with Gasteiger partial charge in [0.1, 0.15) is 0 Å². The second kappa shape index (κ2) is 11.4. The molecule has 2 heterocycles. The number of nitrogens with one attached hydrogen (secondary N) is 1. The highest BCUT2D eigenvalue weighted by Gasteiger charge is 2.28. The molecular weight excluding hydrogens is 437 g/mol. The molecule has 5 rings (SSSR count). The fourth-order valence-corrected chi connectivity index (χ4v) is 5.98. The minimum atomic E-state index is -1.44. The van der Waals surface area contributed by atoms with E-state index in [2.05, 4.69) is 21.5 Å². The third-order valence-electron chi connectivity index (χ3n) is 5.79. The van der Waals surface area contributed by atoms with Crippen LogP contribution < -0.4 is 5.32 Å². The summed E-state index contributed by atoms with van der Waals surface area (Å²) in [5, 5.41) is 14.7. The van der Waals surface area contributed by atoms with E-state index < -0.39 is 11.0 Å². The highest BCUT2D eigenvalue weighted by Crippen LogP contribution is 2.40. The van der Waals surface area contributed by atoms with Crippen molar-refractivity contribution in [2.45, 2.75) is 70.4 Å². The van der Waals surface area contributed by atoms with Crippen molar-refractivity contribution < 1.29 is 13.2 Å². The number of hydrogen-bond donors (Lipinski definition) is 2. The van der Waals surface area contributed by atoms with E-state index >= 15 is 0 Å². The van der Waals surface area contributed by atoms with Gasteiger partial charge >= 0.3 is 0 Å². The number of benzene rings is 1. The first-order valence-electron chi connectivity index (χ1n) is 11.1. The number of aliphatic hydroxyl groups excluding tert-OH is 1. The van der Waals surface area contributed by atoms with E-state index in [0.717, 1.165) is 81.3 Å². The van der Waals surface area contributed by atoms with Crippen molar-refractivity contribution in [2.75, 3.05) is 25.5 Å². The van der Waals surface area contributed by atoms with Gasteiger partial charge in [0.2, 0.25) is 5.95 Å². The van der Waals surface area contributed by atoms with Crippen molar-refractivity contribution in [2.24, 2.45) is 0 Å². The zero-order chi connectivity index (χ0) is 22.4. The molecule has 1 aromatic carbocycles. The van der Waals surface area contributed by atoms with Gasteiger partial charge in [-0.05, 0) is 73.6 Å². The van der Waals surface area contributed by atoms with Crippen LogP contribution in [-0.2, 0) is 36.7 Å². The molecule has 31 heavy (non-hydrogen) atoms. The molecule has 2 aliphatic carbocycles. The zero-order valence-corrected chi connectivity index (χ0v) is 20.1. The van der Waals surface area contributed by atoms with Crippen molar-refractivity contribution in [1.29, 1.82) is 0 Å². The number of aliphatic hydroxyl groups is 1. The molecule has 0 bridgehead atoms. The van der Waals surface area contributed by atoms with Gasteiger partial charge in [0.05, 0.1) is 0 Å². The Morgan fingerprint density at radius 3 is 2.16 bits per heavy atom. The second-order valence-corrected chi connectivity index (χ2v) is 9.27. The average molecular weight is 470 g/mol. The van der Waals surface area contributed by atoms with E-state index in [1.54, 1.807) is 0 Å². The fourth-order valence-electron chi connectivity index (χ4n) is 4.53. The Bertz CT molecular complexity index is 883. The Morgan fingerprint density at radius 1 is 1.03 bits per heavy atom. The molecule has 10 heteroatoms. The summed E-state index contributed by atoms with van der Waals surface area (Å²) in [6.07, 6.45) is 8.64. The summed E-state index contributed by atoms with van der Waals surface area (Å²) >= 11 is -0.0104. The van der Waals surface area contributed by atoms with Crippen molar-refractivity contribution in [3.8, 4) is 0 Å². The lowest BCUT2D eigenvalue weighted by molar-refractivity contribution is 0.399. The summed E-state index contributed by atoms with van der Waals surface area (Å²) in [6, 6.07) is 2.36. The number of fused-ring (bicyclic) bond motifs is 2. The van der Waals surface area contributed by atoms with Crippen LogP contribution in [-0.4, -0.2) is 48.0 Å². The van der Waals surface area contributed by atoms with E-state index in [1.165, 1.54) is 22.3 Å². The summed E-state index contributed by atoms with van der Waals surface area (Å²) in [6.45, 7) is 5.54. The average Bonchev–Trinajstić information content (AvgIpc) is 3.62. The SMILES string of the molecule is CC.CO.O=S(c1nc(Nc2c3c(cc4c2CCC4)CCC3)n(SF)n1)N1CCCC1. The van der Waals surface area contributed by atoms with Crippen LogP contribution in [0.15, 0.2) is 11.2 Å². The van der Waals surface area contributed by atoms with Crippen molar-refractivity contribution in [1.82, 2.24) is 18.5 Å². The van der Waals surface area contributed by atoms with Crippen LogP contribution in [0.1, 0.15) is 61.8 Å². The van der Waals surface area contributed by atoms with Crippen molar-refractivity contribution in [3.05, 3.63) is 28.3 Å². The Morgan fingerprint density at radius 2 is 1.61 bits per heavy atom. The van der Waals surface area contributed by atoms with Crippen LogP contribution in [0.2, 0.25) is 0 Å². The number of aryl methyl sites for hydroxylation is 2. The third kappa shape index (κ3) is 4.97. The maximum Gasteiger partial charge on any atom is 0.257 e. The van der Waals surface area contributed by atoms with Crippen LogP contribution >= 0.6 is 12.3 Å². The normalized spacial score (nSPS) is 17.8. The van der Waals surface area contributed by atoms with E-state index in [0.29, 0.717) is 5.95 Å². The van der Waals surface area contributed by atoms with Gasteiger partial charge in [0.15, 0.2) is 23.3 Å². The van der Waals surface area contributed by atoms with Crippen molar-refractivity contribution >= 4 is 35.0 Å². The quantitative estimate of drug-likeness (QED) is 0.685. The van der Waals surface area contributed by atoms with Gasteiger partial charge in [-0.15, -0.1) is 13.1 Å². The lowest BCUT2D eigenvalue weighted by atomic mass is 9.99. The first-order chi connectivity index (χ1) is 15.2. The highest BCUT2D eigenvalue weighted by atomic mass is 32.2. The maximum atomic E-state index is 13.5. The molecule has 1 aromatic heterocycles. The molecule has 7 nitrogen and oxygen atoms in total. The monoisotopic (exact) mass is 469 g/mol. The van der Waals surface area contributed by atoms with Gasteiger partial charge in [-0.2, -0.15) is 4.98 Å². The first kappa shape index (κ1) is 24.2. The molecule has 3 aliphatic rings. The predicted octanol–water partition coefficient (Wildman–Crippen LogP) is 4.13. The fraction of sp³-hybridized carbons (Fsp3) is 0.619. The summed E-state index contributed by atoms with van der Waals surface area (Å²) in [4.78, 5) is 4.41. The van der Waals surface area contributed by atoms with E-state index in [-0.39, 0.29) is 17.5 Å². The molecule has 172 valence electrons. The lowest BCUT2D eigenvalue weighted by Crippen LogP contribution is -2.23. The standard InChI is InChI=1S/C18H22FN5OS2.C2H6.CH4O/c19-26-24-17(21-18(22-24)27(25)23-9-1-2-10-23)20-16-14-7-3-5-12(14)11-13-6-4-8-15(13)16;2*1-2/h11H,1-10H2,(H,20,21,22);1-2H3;2H,1H3. The predicted molar refractivity (Wildman–Crippen MR) is 125 cm³/mol. The summed E-state index contributed by atoms with van der Waals surface area (Å²) < 4.78 is 29.2. The topological polar surface area (TPSA) is 83.3 Å². The third-order valence-corrected chi connectivity index (χ3v) is 7.49. The van der Waals surface area contributed by atoms with Gasteiger partial charge < -0.3 is 10.4 Å². The smallest absolute Gasteiger partial charge is 0.257 e. The molecule has 1 saturated heterocycles. The zero-order valence-electron chi connectivity index (χ0n) is 18.5. The summed E-state index contributed by atoms with van der Waals surface area (Å²) in [7, 11) is -0.436. The van der Waals surface area contributed by atoms with Crippen LogP contribution in [0.4, 0.5) is 15.5 Å². The molecule has 0 radical (unpaired) electrons. The highest BCUT2D eigenvalue weighted by molar-refractivity contribution is 7.92. The maximum absolute atomic E-state index is 13.5. The van der Waals surface area contributed by atoms with Crippen LogP contribution in [0.5, 0.6) is 0 Å². The molecule has 1 atom stereocenters. The van der Waals surface area contributed by atoms with Gasteiger partial charge in [-0.3, -0.25) is 0 Å². The number of aromatic nitrogens is 3. The van der Waals surface area contributed by atoms with Crippen LogP contribution in [0.25, 0.3) is 0 Å². The molecule has 2 aromatic rings. The first-order valence-corrected chi connectivity index (χ1v) is 12.8. The Balaban J connectivity index is 0.000000645. The minimum Gasteiger partial charge on any atom is -0.400 e. The molecular formula is C21H32FN5O2S2. The van der Waals surface area contributed by atoms with Crippen molar-refractivity contribution in [3.63, 3.8) is 0 Å². The largest absolute Gasteiger partial charge is 0.400 e. The number of hydrogen-bond acceptors (Lipinski definition) is 6. The van der Waals surface area contributed by atoms with Crippen LogP contribution in [0.3, 0.4) is 0 Å². The Labute approximate surface area is 190 Å². The van der Waals surface area contributed by atoms with Gasteiger partial charge in [0, 0.05) is 25.9 Å². The summed E-state index contributed by atoms with van der Waals surface area (Å²) in [5.41, 5.74) is 6.54. The molecule has 2 N–H and O–H groups in total. The number of rotatable bonds is 5. The van der Waals surface area contributed by atoms with Gasteiger partial charge in [-0.1, -0.05) is 19.9 Å². The van der Waals surface area contributed by atoms with E-state index in [9.17, 15) is 8.09 Å². The molecule has 1 aliphatic heterocycles. The molecule has 1 fully saturated rings. The Hall–Kier alpha value is -1.49. The van der Waals surface area contributed by atoms with Crippen LogP contribution in [0, 0.1) is 0 Å². The van der Waals surface area contributed by atoms with Gasteiger partial charge in [-0.25, -0.2) is 8.51 Å². The van der Waals surface area contributed by atoms with Gasteiger partial charge in [0.25, 0.3) is 5.16 Å². The molecule has 0 spiro atoms.